The van der Waals surface area contributed by atoms with Gasteiger partial charge in [-0.2, -0.15) is 0 Å². The lowest BCUT2D eigenvalue weighted by Gasteiger charge is -2.49. The zero-order valence-electron chi connectivity index (χ0n) is 13.8. The van der Waals surface area contributed by atoms with Crippen LogP contribution in [0.1, 0.15) is 33.1 Å². The van der Waals surface area contributed by atoms with Crippen molar-refractivity contribution < 1.29 is 23.9 Å². The monoisotopic (exact) mass is 310 g/mol. The van der Waals surface area contributed by atoms with Crippen LogP contribution in [0.25, 0.3) is 0 Å². The Morgan fingerprint density at radius 3 is 2.18 bits per heavy atom. The van der Waals surface area contributed by atoms with E-state index in [4.69, 9.17) is 9.47 Å². The van der Waals surface area contributed by atoms with Crippen LogP contribution in [-0.2, 0) is 14.3 Å². The van der Waals surface area contributed by atoms with Crippen LogP contribution in [0.3, 0.4) is 0 Å². The molecule has 3 saturated heterocycles. The number of hydrogen-bond acceptors (Lipinski definition) is 4. The molecule has 0 atom stereocenters. The van der Waals surface area contributed by atoms with E-state index in [1.807, 2.05) is 0 Å². The van der Waals surface area contributed by atoms with Crippen molar-refractivity contribution >= 4 is 5.97 Å². The normalized spacial score (nSPS) is 28.0. The van der Waals surface area contributed by atoms with Crippen molar-refractivity contribution in [3.05, 3.63) is 23.7 Å². The lowest BCUT2D eigenvalue weighted by Crippen LogP contribution is -2.59. The Morgan fingerprint density at radius 2 is 1.68 bits per heavy atom. The van der Waals surface area contributed by atoms with Crippen molar-refractivity contribution in [1.29, 1.82) is 0 Å². The van der Waals surface area contributed by atoms with E-state index in [2.05, 4.69) is 6.58 Å². The van der Waals surface area contributed by atoms with Gasteiger partial charge in [0, 0.05) is 5.57 Å². The fourth-order valence-electron chi connectivity index (χ4n) is 3.65. The second-order valence-corrected chi connectivity index (χ2v) is 6.34. The molecule has 1 N–H and O–H groups in total. The number of aliphatic hydroxyl groups is 1. The molecule has 3 rings (SSSR count). The molecule has 0 aliphatic carbocycles. The number of piperidine rings is 3. The number of esters is 1. The van der Waals surface area contributed by atoms with Gasteiger partial charge in [-0.25, -0.2) is 4.79 Å². The second-order valence-electron chi connectivity index (χ2n) is 6.34. The largest absolute Gasteiger partial charge is 0.480 e. The summed E-state index contributed by atoms with van der Waals surface area (Å²) >= 11 is 0. The van der Waals surface area contributed by atoms with E-state index in [-0.39, 0.29) is 18.1 Å². The fraction of sp³-hybridized carbons (Fsp3) is 0.706. The van der Waals surface area contributed by atoms with E-state index in [0.717, 1.165) is 30.0 Å². The van der Waals surface area contributed by atoms with Gasteiger partial charge in [-0.3, -0.25) is 0 Å². The van der Waals surface area contributed by atoms with Crippen LogP contribution in [0.4, 0.5) is 0 Å². The van der Waals surface area contributed by atoms with Crippen molar-refractivity contribution in [3.63, 3.8) is 0 Å². The lowest BCUT2D eigenvalue weighted by atomic mass is 9.85. The summed E-state index contributed by atoms with van der Waals surface area (Å²) in [6.07, 6.45) is 3.76. The van der Waals surface area contributed by atoms with Gasteiger partial charge in [0.25, 0.3) is 5.95 Å². The third-order valence-corrected chi connectivity index (χ3v) is 4.89. The molecule has 3 heterocycles. The third-order valence-electron chi connectivity index (χ3n) is 4.89. The zero-order chi connectivity index (χ0) is 16.2. The van der Waals surface area contributed by atoms with Crippen LogP contribution in [0.15, 0.2) is 23.7 Å². The highest BCUT2D eigenvalue weighted by atomic mass is 16.6. The number of carbonyl (C=O) groups is 1. The number of carbonyl (C=O) groups excluding carboxylic acids is 1. The van der Waals surface area contributed by atoms with Crippen molar-refractivity contribution in [2.24, 2.45) is 5.92 Å². The van der Waals surface area contributed by atoms with Crippen LogP contribution < -0.4 is 0 Å². The first kappa shape index (κ1) is 16.9. The Balaban J connectivity index is 2.15. The number of fused-ring (bicyclic) bond motifs is 3. The summed E-state index contributed by atoms with van der Waals surface area (Å²) in [5, 5.41) is 10.1. The average molecular weight is 310 g/mol. The van der Waals surface area contributed by atoms with Gasteiger partial charge in [0.05, 0.1) is 32.8 Å². The van der Waals surface area contributed by atoms with Crippen LogP contribution >= 0.6 is 0 Å². The van der Waals surface area contributed by atoms with Gasteiger partial charge in [-0.15, -0.1) is 0 Å². The zero-order valence-corrected chi connectivity index (χ0v) is 13.8. The van der Waals surface area contributed by atoms with Crippen molar-refractivity contribution in [3.8, 4) is 0 Å². The first-order chi connectivity index (χ1) is 10.5. The first-order valence-corrected chi connectivity index (χ1v) is 8.27. The molecule has 5 heteroatoms. The predicted octanol–water partition coefficient (Wildman–Crippen LogP) is 2.54. The molecule has 3 aliphatic rings. The number of quaternary nitrogens is 1. The molecule has 0 radical (unpaired) electrons. The molecule has 0 unspecified atom stereocenters. The average Bonchev–Trinajstić information content (AvgIpc) is 2.49. The number of rotatable bonds is 7. The SMILES string of the molecule is C=C(C[N+]12CCC(CC1)CC2)/C(C(=O)OCC)=C(\O)OCC. The van der Waals surface area contributed by atoms with E-state index in [1.54, 1.807) is 13.8 Å². The van der Waals surface area contributed by atoms with Gasteiger partial charge in [0.2, 0.25) is 0 Å². The minimum absolute atomic E-state index is 0.101. The summed E-state index contributed by atoms with van der Waals surface area (Å²) in [5.74, 6) is -0.0373. The molecular formula is C17H28NO4+. The standard InChI is InChI=1S/C17H27NO4/c1-4-21-16(19)15(17(20)22-5-2)13(3)12-18-9-6-14(7-10-18)8-11-18/h14H,3-12H2,1-2H3/p+1. The molecule has 5 nitrogen and oxygen atoms in total. The van der Waals surface area contributed by atoms with Crippen LogP contribution in [0.5, 0.6) is 0 Å². The first-order valence-electron chi connectivity index (χ1n) is 8.27. The lowest BCUT2D eigenvalue weighted by molar-refractivity contribution is -0.938. The highest BCUT2D eigenvalue weighted by Gasteiger charge is 2.41. The fourth-order valence-corrected chi connectivity index (χ4v) is 3.65. The van der Waals surface area contributed by atoms with Crippen molar-refractivity contribution in [2.75, 3.05) is 39.4 Å². The van der Waals surface area contributed by atoms with Crippen molar-refractivity contribution in [1.82, 2.24) is 0 Å². The Labute approximate surface area is 132 Å². The van der Waals surface area contributed by atoms with Gasteiger partial charge in [0.15, 0.2) is 0 Å². The number of ether oxygens (including phenoxy) is 2. The Morgan fingerprint density at radius 1 is 1.14 bits per heavy atom. The van der Waals surface area contributed by atoms with Crippen LogP contribution in [-0.4, -0.2) is 55.0 Å². The maximum absolute atomic E-state index is 12.2. The van der Waals surface area contributed by atoms with Gasteiger partial charge in [-0.1, -0.05) is 6.58 Å². The number of aliphatic hydroxyl groups excluding tert-OH is 1. The van der Waals surface area contributed by atoms with E-state index >= 15 is 0 Å². The van der Waals surface area contributed by atoms with Gasteiger partial charge < -0.3 is 19.1 Å². The van der Waals surface area contributed by atoms with Gasteiger partial charge in [0.1, 0.15) is 12.1 Å². The quantitative estimate of drug-likeness (QED) is 0.258. The van der Waals surface area contributed by atoms with Crippen LogP contribution in [0, 0.1) is 5.92 Å². The van der Waals surface area contributed by atoms with E-state index in [9.17, 15) is 9.90 Å². The number of hydrogen-bond donors (Lipinski definition) is 1. The molecule has 0 aromatic heterocycles. The van der Waals surface area contributed by atoms with Gasteiger partial charge >= 0.3 is 5.97 Å². The smallest absolute Gasteiger partial charge is 0.345 e. The summed E-state index contributed by atoms with van der Waals surface area (Å²) in [7, 11) is 0. The minimum Gasteiger partial charge on any atom is -0.480 e. The van der Waals surface area contributed by atoms with E-state index in [0.29, 0.717) is 18.7 Å². The molecule has 0 aromatic carbocycles. The van der Waals surface area contributed by atoms with Gasteiger partial charge in [-0.05, 0) is 39.0 Å². The van der Waals surface area contributed by atoms with Crippen molar-refractivity contribution in [2.45, 2.75) is 33.1 Å². The summed E-state index contributed by atoms with van der Waals surface area (Å²) in [4.78, 5) is 12.2. The molecule has 3 fully saturated rings. The maximum atomic E-state index is 12.2. The van der Waals surface area contributed by atoms with E-state index in [1.165, 1.54) is 19.3 Å². The maximum Gasteiger partial charge on any atom is 0.345 e. The number of nitrogens with zero attached hydrogens (tertiary/aromatic N) is 1. The second kappa shape index (κ2) is 7.18. The molecule has 0 spiro atoms. The summed E-state index contributed by atoms with van der Waals surface area (Å²) in [6.45, 7) is 12.2. The van der Waals surface area contributed by atoms with E-state index < -0.39 is 5.97 Å². The Hall–Kier alpha value is -1.49. The highest BCUT2D eigenvalue weighted by Crippen LogP contribution is 2.35. The third kappa shape index (κ3) is 3.64. The molecule has 2 bridgehead atoms. The summed E-state index contributed by atoms with van der Waals surface area (Å²) in [6, 6.07) is 0. The van der Waals surface area contributed by atoms with Crippen LogP contribution in [0.2, 0.25) is 0 Å². The Bertz CT molecular complexity index is 448. The molecule has 124 valence electrons. The predicted molar refractivity (Wildman–Crippen MR) is 84.1 cm³/mol. The summed E-state index contributed by atoms with van der Waals surface area (Å²) in [5.41, 5.74) is 0.716. The molecular weight excluding hydrogens is 282 g/mol. The topological polar surface area (TPSA) is 55.8 Å². The molecule has 22 heavy (non-hydrogen) atoms. The molecule has 3 aliphatic heterocycles. The molecule has 0 amide bonds. The minimum atomic E-state index is -0.552. The molecule has 0 saturated carbocycles. The molecule has 0 aromatic rings. The summed E-state index contributed by atoms with van der Waals surface area (Å²) < 4.78 is 11.1. The Kier molecular flexibility index (Phi) is 5.51. The highest BCUT2D eigenvalue weighted by molar-refractivity contribution is 5.93.